The van der Waals surface area contributed by atoms with Gasteiger partial charge in [0.2, 0.25) is 5.91 Å². The Morgan fingerprint density at radius 2 is 1.44 bits per heavy atom. The molecule has 0 radical (unpaired) electrons. The van der Waals surface area contributed by atoms with Gasteiger partial charge in [-0.2, -0.15) is 0 Å². The molecule has 0 bridgehead atoms. The number of nitrogens with one attached hydrogen (secondary N) is 1. The largest absolute Gasteiger partial charge is 0.481 e. The lowest BCUT2D eigenvalue weighted by Gasteiger charge is -2.40. The Morgan fingerprint density at radius 1 is 0.852 bits per heavy atom. The van der Waals surface area contributed by atoms with Crippen LogP contribution in [-0.2, 0) is 26.2 Å². The van der Waals surface area contributed by atoms with Gasteiger partial charge in [-0.25, -0.2) is 14.8 Å². The fourth-order valence-electron chi connectivity index (χ4n) is 7.50. The first-order chi connectivity index (χ1) is 25.5. The number of nitrogens with zero attached hydrogens (tertiary/aromatic N) is 5. The Morgan fingerprint density at radius 3 is 1.98 bits per heavy atom. The van der Waals surface area contributed by atoms with Gasteiger partial charge in [0.15, 0.2) is 5.82 Å². The van der Waals surface area contributed by atoms with Crippen molar-refractivity contribution in [2.24, 2.45) is 17.8 Å². The van der Waals surface area contributed by atoms with Gasteiger partial charge in [-0.15, -0.1) is 11.3 Å². The normalized spacial score (nSPS) is 18.2. The maximum atomic E-state index is 13.5. The van der Waals surface area contributed by atoms with E-state index in [0.29, 0.717) is 22.5 Å². The zero-order valence-corrected chi connectivity index (χ0v) is 33.2. The van der Waals surface area contributed by atoms with Gasteiger partial charge in [0, 0.05) is 56.1 Å². The summed E-state index contributed by atoms with van der Waals surface area (Å²) in [4.78, 5) is 67.4. The zero-order chi connectivity index (χ0) is 38.8. The first kappa shape index (κ1) is 39.2. The van der Waals surface area contributed by atoms with Crippen molar-refractivity contribution in [1.29, 1.82) is 0 Å². The highest BCUT2D eigenvalue weighted by atomic mass is 32.1. The molecule has 3 amide bonds. The molecule has 5 heterocycles. The molecule has 6 rings (SSSR count). The highest BCUT2D eigenvalue weighted by molar-refractivity contribution is 7.14. The number of ether oxygens (including phenoxy) is 1. The van der Waals surface area contributed by atoms with E-state index in [0.717, 1.165) is 73.6 Å². The number of carbonyl (C=O) groups is 4. The molecule has 54 heavy (non-hydrogen) atoms. The molecule has 1 atom stereocenters. The van der Waals surface area contributed by atoms with Crippen molar-refractivity contribution >= 4 is 40.9 Å². The zero-order valence-electron chi connectivity index (χ0n) is 32.3. The summed E-state index contributed by atoms with van der Waals surface area (Å²) in [5.41, 5.74) is 2.12. The Labute approximate surface area is 322 Å². The van der Waals surface area contributed by atoms with Crippen LogP contribution in [-0.4, -0.2) is 99.7 Å². The van der Waals surface area contributed by atoms with Crippen LogP contribution in [0.5, 0.6) is 0 Å². The summed E-state index contributed by atoms with van der Waals surface area (Å²) in [7, 11) is 0. The lowest BCUT2D eigenvalue weighted by molar-refractivity contribution is -0.153. The van der Waals surface area contributed by atoms with E-state index in [4.69, 9.17) is 14.7 Å². The standard InChI is InChI=1S/C41H54N6O6S/c1-40(2,3)34-12-11-33(54-34)36(48)44-32(37(49)47-24-30(25-47)38(50)51)21-26-7-9-29(10-8-26)35-42-22-31(23-43-35)45-17-13-27(14-18-45)28-15-19-46(20-16-28)39(52)53-41(4,5)6/h7-12,22-23,27-28,30,32H,13-21,24-25H2,1-6H3,(H,44,48)(H,50,51)/t32-/m0/s1. The number of piperidine rings is 2. The van der Waals surface area contributed by atoms with Crippen molar-refractivity contribution in [3.05, 3.63) is 64.1 Å². The first-order valence-corrected chi connectivity index (χ1v) is 19.9. The topological polar surface area (TPSA) is 145 Å². The maximum absolute atomic E-state index is 13.5. The van der Waals surface area contributed by atoms with Gasteiger partial charge >= 0.3 is 12.1 Å². The maximum Gasteiger partial charge on any atom is 0.410 e. The molecule has 1 aromatic carbocycles. The second-order valence-corrected chi connectivity index (χ2v) is 18.1. The minimum absolute atomic E-state index is 0.101. The van der Waals surface area contributed by atoms with Gasteiger partial charge in [0.1, 0.15) is 11.6 Å². The van der Waals surface area contributed by atoms with Crippen molar-refractivity contribution < 1.29 is 29.0 Å². The number of likely N-dealkylation sites (tertiary alicyclic amines) is 2. The predicted octanol–water partition coefficient (Wildman–Crippen LogP) is 6.25. The number of thiophene rings is 1. The minimum Gasteiger partial charge on any atom is -0.481 e. The molecule has 3 aliphatic heterocycles. The van der Waals surface area contributed by atoms with Crippen molar-refractivity contribution in [1.82, 2.24) is 25.1 Å². The molecule has 3 saturated heterocycles. The van der Waals surface area contributed by atoms with E-state index in [2.05, 4.69) is 31.0 Å². The third-order valence-electron chi connectivity index (χ3n) is 10.8. The smallest absolute Gasteiger partial charge is 0.410 e. The van der Waals surface area contributed by atoms with Crippen molar-refractivity contribution in [2.75, 3.05) is 44.2 Å². The second-order valence-electron chi connectivity index (χ2n) is 17.0. The number of carboxylic acids is 1. The average Bonchev–Trinajstić information content (AvgIpc) is 3.62. The highest BCUT2D eigenvalue weighted by Gasteiger charge is 2.39. The Kier molecular flexibility index (Phi) is 11.7. The lowest BCUT2D eigenvalue weighted by atomic mass is 9.79. The molecule has 3 fully saturated rings. The van der Waals surface area contributed by atoms with E-state index in [-0.39, 0.29) is 42.8 Å². The number of amides is 3. The van der Waals surface area contributed by atoms with Crippen LogP contribution in [0.1, 0.15) is 87.3 Å². The van der Waals surface area contributed by atoms with Crippen LogP contribution < -0.4 is 10.2 Å². The van der Waals surface area contributed by atoms with Gasteiger partial charge in [0.05, 0.1) is 28.9 Å². The van der Waals surface area contributed by atoms with Gasteiger partial charge in [-0.3, -0.25) is 14.4 Å². The molecule has 0 saturated carbocycles. The number of rotatable bonds is 9. The Bertz CT molecular complexity index is 1790. The number of aromatic nitrogens is 2. The monoisotopic (exact) mass is 758 g/mol. The van der Waals surface area contributed by atoms with Crippen LogP contribution in [0, 0.1) is 17.8 Å². The summed E-state index contributed by atoms with van der Waals surface area (Å²) in [6.45, 7) is 15.7. The average molecular weight is 759 g/mol. The minimum atomic E-state index is -0.922. The number of hydrogen-bond donors (Lipinski definition) is 2. The van der Waals surface area contributed by atoms with E-state index in [9.17, 15) is 24.3 Å². The van der Waals surface area contributed by atoms with Gasteiger partial charge in [0.25, 0.3) is 5.91 Å². The number of carboxylic acid groups (broad SMARTS) is 1. The van der Waals surface area contributed by atoms with Crippen LogP contribution in [0.15, 0.2) is 48.8 Å². The Hall–Kier alpha value is -4.52. The second kappa shape index (κ2) is 16.1. The summed E-state index contributed by atoms with van der Waals surface area (Å²) in [5, 5.41) is 12.3. The fourth-order valence-corrected chi connectivity index (χ4v) is 8.46. The molecule has 0 unspecified atom stereocenters. The first-order valence-electron chi connectivity index (χ1n) is 19.1. The van der Waals surface area contributed by atoms with Gasteiger partial charge in [-0.1, -0.05) is 45.0 Å². The van der Waals surface area contributed by atoms with E-state index in [1.54, 1.807) is 6.07 Å². The van der Waals surface area contributed by atoms with Gasteiger partial charge < -0.3 is 29.9 Å². The Balaban J connectivity index is 1.03. The molecule has 0 aliphatic carbocycles. The summed E-state index contributed by atoms with van der Waals surface area (Å²) in [5.74, 6) is -0.243. The van der Waals surface area contributed by atoms with Crippen molar-refractivity contribution in [3.8, 4) is 11.4 Å². The summed E-state index contributed by atoms with van der Waals surface area (Å²) in [6.07, 6.45) is 8.06. The quantitative estimate of drug-likeness (QED) is 0.259. The molecule has 3 aliphatic rings. The molecule has 13 heteroatoms. The number of hydrogen-bond acceptors (Lipinski definition) is 9. The highest BCUT2D eigenvalue weighted by Crippen LogP contribution is 2.35. The number of benzene rings is 1. The molecule has 2 N–H and O–H groups in total. The van der Waals surface area contributed by atoms with E-state index >= 15 is 0 Å². The van der Waals surface area contributed by atoms with E-state index in [1.807, 2.05) is 68.4 Å². The predicted molar refractivity (Wildman–Crippen MR) is 209 cm³/mol. The van der Waals surface area contributed by atoms with Gasteiger partial charge in [-0.05, 0) is 81.4 Å². The molecule has 0 spiro atoms. The molecule has 3 aromatic rings. The van der Waals surface area contributed by atoms with Crippen LogP contribution in [0.25, 0.3) is 11.4 Å². The summed E-state index contributed by atoms with van der Waals surface area (Å²) >= 11 is 1.41. The number of anilines is 1. The van der Waals surface area contributed by atoms with Crippen LogP contribution >= 0.6 is 11.3 Å². The number of carbonyl (C=O) groups excluding carboxylic acids is 3. The van der Waals surface area contributed by atoms with E-state index < -0.39 is 23.5 Å². The van der Waals surface area contributed by atoms with Crippen molar-refractivity contribution in [3.63, 3.8) is 0 Å². The fraction of sp³-hybridized carbons (Fsp3) is 0.561. The van der Waals surface area contributed by atoms with Crippen LogP contribution in [0.2, 0.25) is 0 Å². The molecular formula is C41H54N6O6S. The molecule has 290 valence electrons. The number of aliphatic carboxylic acids is 1. The summed E-state index contributed by atoms with van der Waals surface area (Å²) in [6, 6.07) is 10.6. The van der Waals surface area contributed by atoms with Crippen LogP contribution in [0.4, 0.5) is 10.5 Å². The van der Waals surface area contributed by atoms with E-state index in [1.165, 1.54) is 16.2 Å². The third kappa shape index (κ3) is 9.58. The lowest BCUT2D eigenvalue weighted by Crippen LogP contribution is -2.59. The summed E-state index contributed by atoms with van der Waals surface area (Å²) < 4.78 is 5.57. The SMILES string of the molecule is CC(C)(C)OC(=O)N1CCC(C2CCN(c3cnc(-c4ccc(C[C@H](NC(=O)c5ccc(C(C)(C)C)s5)C(=O)N5CC(C(=O)O)C5)cc4)nc3)CC2)CC1. The molecular weight excluding hydrogens is 705 g/mol. The van der Waals surface area contributed by atoms with Crippen molar-refractivity contribution in [2.45, 2.75) is 90.7 Å². The van der Waals surface area contributed by atoms with Crippen LogP contribution in [0.3, 0.4) is 0 Å². The molecule has 12 nitrogen and oxygen atoms in total. The molecule has 2 aromatic heterocycles. The third-order valence-corrected chi connectivity index (χ3v) is 12.3.